The highest BCUT2D eigenvalue weighted by Crippen LogP contribution is 2.44. The van der Waals surface area contributed by atoms with E-state index in [2.05, 4.69) is 34.9 Å². The first-order valence-electron chi connectivity index (χ1n) is 11.6. The molecule has 0 aromatic heterocycles. The molecular formula is C26H30N2O6. The van der Waals surface area contributed by atoms with Crippen molar-refractivity contribution in [2.45, 2.75) is 43.7 Å². The second kappa shape index (κ2) is 10.7. The minimum Gasteiger partial charge on any atom is -0.480 e. The molecule has 8 nitrogen and oxygen atoms in total. The van der Waals surface area contributed by atoms with Gasteiger partial charge in [-0.15, -0.1) is 0 Å². The first-order chi connectivity index (χ1) is 16.5. The van der Waals surface area contributed by atoms with Crippen LogP contribution in [-0.4, -0.2) is 55.5 Å². The van der Waals surface area contributed by atoms with Crippen molar-refractivity contribution in [3.63, 3.8) is 0 Å². The Morgan fingerprint density at radius 3 is 2.29 bits per heavy atom. The highest BCUT2D eigenvalue weighted by atomic mass is 16.5. The van der Waals surface area contributed by atoms with Crippen LogP contribution in [-0.2, 0) is 19.1 Å². The third kappa shape index (κ3) is 5.07. The highest BCUT2D eigenvalue weighted by molar-refractivity contribution is 5.86. The predicted octanol–water partition coefficient (Wildman–Crippen LogP) is 3.30. The smallest absolute Gasteiger partial charge is 0.407 e. The number of rotatable bonds is 9. The van der Waals surface area contributed by atoms with Crippen LogP contribution in [0.1, 0.15) is 42.7 Å². The summed E-state index contributed by atoms with van der Waals surface area (Å²) in [6.07, 6.45) is 1.59. The Labute approximate surface area is 198 Å². The number of ether oxygens (including phenoxy) is 2. The van der Waals surface area contributed by atoms with Crippen LogP contribution in [0.5, 0.6) is 0 Å². The van der Waals surface area contributed by atoms with Gasteiger partial charge in [-0.05, 0) is 35.1 Å². The van der Waals surface area contributed by atoms with Crippen molar-refractivity contribution in [1.82, 2.24) is 10.6 Å². The number of fused-ring (bicyclic) bond motifs is 3. The number of benzene rings is 2. The summed E-state index contributed by atoms with van der Waals surface area (Å²) in [6.45, 7) is 0.422. The average molecular weight is 467 g/mol. The van der Waals surface area contributed by atoms with Gasteiger partial charge in [-0.2, -0.15) is 0 Å². The van der Waals surface area contributed by atoms with Gasteiger partial charge in [0.25, 0.3) is 0 Å². The Morgan fingerprint density at radius 1 is 1.03 bits per heavy atom. The zero-order chi connectivity index (χ0) is 24.1. The number of nitrogens with one attached hydrogen (secondary N) is 2. The molecule has 180 valence electrons. The molecule has 0 bridgehead atoms. The number of hydrogen-bond donors (Lipinski definition) is 3. The molecule has 1 saturated carbocycles. The molecule has 3 unspecified atom stereocenters. The zero-order valence-electron chi connectivity index (χ0n) is 19.2. The van der Waals surface area contributed by atoms with Crippen molar-refractivity contribution in [2.75, 3.05) is 20.3 Å². The van der Waals surface area contributed by atoms with E-state index in [0.29, 0.717) is 12.8 Å². The molecule has 0 radical (unpaired) electrons. The molecule has 3 atom stereocenters. The van der Waals surface area contributed by atoms with Gasteiger partial charge in [0.1, 0.15) is 12.6 Å². The molecule has 2 aliphatic carbocycles. The predicted molar refractivity (Wildman–Crippen MR) is 125 cm³/mol. The molecule has 2 aromatic rings. The number of hydrogen-bond acceptors (Lipinski definition) is 5. The van der Waals surface area contributed by atoms with Gasteiger partial charge in [0.2, 0.25) is 5.91 Å². The minimum atomic E-state index is -1.11. The summed E-state index contributed by atoms with van der Waals surface area (Å²) in [5.74, 6) is -2.02. The second-order valence-corrected chi connectivity index (χ2v) is 8.79. The Bertz CT molecular complexity index is 1010. The van der Waals surface area contributed by atoms with Crippen LogP contribution in [0.25, 0.3) is 11.1 Å². The standard InChI is InChI=1S/C26H30N2O6/c1-33-14-13-23(25(30)31)27-24(29)20-11-6-12-22(20)28-26(32)34-15-21-18-9-4-2-7-16(18)17-8-3-5-10-19(17)21/h2-5,7-10,20-23H,6,11-15H2,1H3,(H,27,29)(H,28,32)(H,30,31). The van der Waals surface area contributed by atoms with Crippen LogP contribution >= 0.6 is 0 Å². The fraction of sp³-hybridized carbons (Fsp3) is 0.423. The van der Waals surface area contributed by atoms with Crippen molar-refractivity contribution < 1.29 is 29.0 Å². The lowest BCUT2D eigenvalue weighted by molar-refractivity contribution is -0.143. The molecule has 4 rings (SSSR count). The van der Waals surface area contributed by atoms with Gasteiger partial charge in [-0.1, -0.05) is 55.0 Å². The van der Waals surface area contributed by atoms with E-state index >= 15 is 0 Å². The van der Waals surface area contributed by atoms with Gasteiger partial charge in [-0.3, -0.25) is 4.79 Å². The maximum absolute atomic E-state index is 12.7. The summed E-state index contributed by atoms with van der Waals surface area (Å²) < 4.78 is 10.5. The molecule has 34 heavy (non-hydrogen) atoms. The lowest BCUT2D eigenvalue weighted by Crippen LogP contribution is -2.49. The van der Waals surface area contributed by atoms with E-state index < -0.39 is 30.1 Å². The fourth-order valence-electron chi connectivity index (χ4n) is 5.01. The first-order valence-corrected chi connectivity index (χ1v) is 11.6. The quantitative estimate of drug-likeness (QED) is 0.523. The summed E-state index contributed by atoms with van der Waals surface area (Å²) in [4.78, 5) is 36.8. The van der Waals surface area contributed by atoms with Crippen molar-refractivity contribution in [2.24, 2.45) is 5.92 Å². The number of methoxy groups -OCH3 is 1. The summed E-state index contributed by atoms with van der Waals surface area (Å²) in [7, 11) is 1.48. The van der Waals surface area contributed by atoms with Crippen molar-refractivity contribution in [1.29, 1.82) is 0 Å². The minimum absolute atomic E-state index is 0.0436. The SMILES string of the molecule is COCCC(NC(=O)C1CCCC1NC(=O)OCC1c2ccccc2-c2ccccc21)C(=O)O. The van der Waals surface area contributed by atoms with Crippen LogP contribution in [0.15, 0.2) is 48.5 Å². The van der Waals surface area contributed by atoms with Crippen LogP contribution in [0.4, 0.5) is 4.79 Å². The molecule has 0 aliphatic heterocycles. The third-order valence-electron chi connectivity index (χ3n) is 6.72. The maximum Gasteiger partial charge on any atom is 0.407 e. The lowest BCUT2D eigenvalue weighted by atomic mass is 9.98. The lowest BCUT2D eigenvalue weighted by Gasteiger charge is -2.23. The summed E-state index contributed by atoms with van der Waals surface area (Å²) >= 11 is 0. The molecule has 2 aliphatic rings. The van der Waals surface area contributed by atoms with Crippen LogP contribution in [0, 0.1) is 5.92 Å². The van der Waals surface area contributed by atoms with E-state index in [1.54, 1.807) is 0 Å². The first kappa shape index (κ1) is 23.8. The molecule has 0 heterocycles. The number of carboxylic acids is 1. The molecule has 0 saturated heterocycles. The van der Waals surface area contributed by atoms with Gasteiger partial charge in [-0.25, -0.2) is 9.59 Å². The average Bonchev–Trinajstić information content (AvgIpc) is 3.42. The van der Waals surface area contributed by atoms with E-state index in [1.807, 2.05) is 24.3 Å². The van der Waals surface area contributed by atoms with Crippen LogP contribution < -0.4 is 10.6 Å². The number of carboxylic acid groups (broad SMARTS) is 1. The fourth-order valence-corrected chi connectivity index (χ4v) is 5.01. The van der Waals surface area contributed by atoms with Crippen molar-refractivity contribution in [3.8, 4) is 11.1 Å². The molecular weight excluding hydrogens is 436 g/mol. The van der Waals surface area contributed by atoms with Gasteiger partial charge in [0.05, 0.1) is 5.92 Å². The highest BCUT2D eigenvalue weighted by Gasteiger charge is 2.36. The number of alkyl carbamates (subject to hydrolysis) is 1. The number of carbonyl (C=O) groups excluding carboxylic acids is 2. The molecule has 8 heteroatoms. The number of amides is 2. The Kier molecular flexibility index (Phi) is 7.47. The van der Waals surface area contributed by atoms with Gasteiger partial charge in [0, 0.05) is 32.1 Å². The van der Waals surface area contributed by atoms with Crippen LogP contribution in [0.2, 0.25) is 0 Å². The maximum atomic E-state index is 12.7. The van der Waals surface area contributed by atoms with E-state index in [1.165, 1.54) is 7.11 Å². The van der Waals surface area contributed by atoms with E-state index in [-0.39, 0.29) is 31.5 Å². The summed E-state index contributed by atoms with van der Waals surface area (Å²) in [5, 5.41) is 14.8. The Balaban J connectivity index is 1.35. The second-order valence-electron chi connectivity index (χ2n) is 8.79. The van der Waals surface area contributed by atoms with Gasteiger partial charge < -0.3 is 25.2 Å². The largest absolute Gasteiger partial charge is 0.480 e. The molecule has 3 N–H and O–H groups in total. The third-order valence-corrected chi connectivity index (χ3v) is 6.72. The summed E-state index contributed by atoms with van der Waals surface area (Å²) in [6, 6.07) is 14.8. The number of aliphatic carboxylic acids is 1. The Morgan fingerprint density at radius 2 is 1.68 bits per heavy atom. The van der Waals surface area contributed by atoms with Crippen molar-refractivity contribution in [3.05, 3.63) is 59.7 Å². The van der Waals surface area contributed by atoms with Gasteiger partial charge >= 0.3 is 12.1 Å². The van der Waals surface area contributed by atoms with E-state index in [4.69, 9.17) is 9.47 Å². The molecule has 1 fully saturated rings. The van der Waals surface area contributed by atoms with E-state index in [0.717, 1.165) is 28.7 Å². The normalized spacial score (nSPS) is 19.7. The van der Waals surface area contributed by atoms with Crippen LogP contribution in [0.3, 0.4) is 0 Å². The van der Waals surface area contributed by atoms with E-state index in [9.17, 15) is 19.5 Å². The molecule has 2 aromatic carbocycles. The number of carbonyl (C=O) groups is 3. The summed E-state index contributed by atoms with van der Waals surface area (Å²) in [5.41, 5.74) is 4.57. The Hall–Kier alpha value is -3.39. The van der Waals surface area contributed by atoms with Gasteiger partial charge in [0.15, 0.2) is 0 Å². The monoisotopic (exact) mass is 466 g/mol. The topological polar surface area (TPSA) is 114 Å². The molecule has 2 amide bonds. The zero-order valence-corrected chi connectivity index (χ0v) is 19.2. The molecule has 0 spiro atoms. The van der Waals surface area contributed by atoms with Crippen molar-refractivity contribution >= 4 is 18.0 Å².